The summed E-state index contributed by atoms with van der Waals surface area (Å²) in [6.07, 6.45) is 5.45. The lowest BCUT2D eigenvalue weighted by molar-refractivity contribution is 0.210. The Hall–Kier alpha value is -1.02. The molecule has 1 aromatic carbocycles. The number of benzene rings is 1. The number of hydrogen-bond donors (Lipinski definition) is 1. The quantitative estimate of drug-likeness (QED) is 0.861. The van der Waals surface area contributed by atoms with Crippen molar-refractivity contribution in [2.45, 2.75) is 51.7 Å². The van der Waals surface area contributed by atoms with Crippen molar-refractivity contribution in [3.05, 3.63) is 29.8 Å². The molecule has 2 nitrogen and oxygen atoms in total. The molecule has 1 atom stereocenters. The van der Waals surface area contributed by atoms with Gasteiger partial charge in [0.25, 0.3) is 0 Å². The Morgan fingerprint density at radius 1 is 1.12 bits per heavy atom. The van der Waals surface area contributed by atoms with E-state index in [0.29, 0.717) is 12.0 Å². The zero-order chi connectivity index (χ0) is 12.3. The van der Waals surface area contributed by atoms with Crippen LogP contribution in [0.5, 0.6) is 5.75 Å². The minimum Gasteiger partial charge on any atom is -0.490 e. The van der Waals surface area contributed by atoms with E-state index in [4.69, 9.17) is 10.5 Å². The summed E-state index contributed by atoms with van der Waals surface area (Å²) in [6, 6.07) is 8.41. The maximum absolute atomic E-state index is 6.11. The zero-order valence-electron chi connectivity index (χ0n) is 10.9. The summed E-state index contributed by atoms with van der Waals surface area (Å²) in [4.78, 5) is 0. The van der Waals surface area contributed by atoms with Crippen LogP contribution < -0.4 is 10.5 Å². The molecule has 2 heteroatoms. The largest absolute Gasteiger partial charge is 0.490 e. The van der Waals surface area contributed by atoms with Crippen molar-refractivity contribution in [2.75, 3.05) is 0 Å². The van der Waals surface area contributed by atoms with E-state index in [2.05, 4.69) is 38.1 Å². The van der Waals surface area contributed by atoms with Gasteiger partial charge in [-0.3, -0.25) is 0 Å². The molecule has 2 rings (SSSR count). The third kappa shape index (κ3) is 3.22. The molecule has 0 amide bonds. The van der Waals surface area contributed by atoms with Crippen molar-refractivity contribution in [1.82, 2.24) is 0 Å². The summed E-state index contributed by atoms with van der Waals surface area (Å²) in [5.74, 6) is 1.45. The Bertz CT molecular complexity index is 338. The number of ether oxygens (including phenoxy) is 1. The fraction of sp³-hybridized carbons (Fsp3) is 0.600. The van der Waals surface area contributed by atoms with E-state index in [9.17, 15) is 0 Å². The first-order valence-corrected chi connectivity index (χ1v) is 6.69. The first-order valence-electron chi connectivity index (χ1n) is 6.69. The topological polar surface area (TPSA) is 35.2 Å². The second-order valence-corrected chi connectivity index (χ2v) is 5.36. The van der Waals surface area contributed by atoms with Crippen LogP contribution in [0.25, 0.3) is 0 Å². The van der Waals surface area contributed by atoms with E-state index >= 15 is 0 Å². The molecular formula is C15H23NO. The maximum atomic E-state index is 6.11. The van der Waals surface area contributed by atoms with E-state index in [-0.39, 0.29) is 6.04 Å². The molecule has 0 bridgehead atoms. The minimum atomic E-state index is 0.121. The first kappa shape index (κ1) is 12.4. The molecular weight excluding hydrogens is 210 g/mol. The molecule has 0 radical (unpaired) electrons. The van der Waals surface area contributed by atoms with Crippen LogP contribution in [-0.2, 0) is 0 Å². The summed E-state index contributed by atoms with van der Waals surface area (Å²) in [6.45, 7) is 4.29. The van der Waals surface area contributed by atoms with Crippen molar-refractivity contribution in [3.8, 4) is 5.75 Å². The molecule has 1 saturated carbocycles. The minimum absolute atomic E-state index is 0.121. The molecule has 0 aromatic heterocycles. The summed E-state index contributed by atoms with van der Waals surface area (Å²) in [5, 5.41) is 0. The van der Waals surface area contributed by atoms with Gasteiger partial charge in [0.05, 0.1) is 6.10 Å². The van der Waals surface area contributed by atoms with Crippen LogP contribution in [0.2, 0.25) is 0 Å². The predicted octanol–water partition coefficient (Wildman–Crippen LogP) is 3.66. The summed E-state index contributed by atoms with van der Waals surface area (Å²) in [5.41, 5.74) is 7.30. The molecule has 0 saturated heterocycles. The van der Waals surface area contributed by atoms with E-state index in [1.54, 1.807) is 0 Å². The van der Waals surface area contributed by atoms with Gasteiger partial charge in [-0.2, -0.15) is 0 Å². The van der Waals surface area contributed by atoms with E-state index in [1.165, 1.54) is 31.2 Å². The molecule has 0 heterocycles. The van der Waals surface area contributed by atoms with Gasteiger partial charge < -0.3 is 10.5 Å². The smallest absolute Gasteiger partial charge is 0.119 e. The Balaban J connectivity index is 1.97. The van der Waals surface area contributed by atoms with Gasteiger partial charge >= 0.3 is 0 Å². The molecule has 0 aliphatic heterocycles. The highest BCUT2D eigenvalue weighted by Gasteiger charge is 2.16. The van der Waals surface area contributed by atoms with Crippen LogP contribution in [0.3, 0.4) is 0 Å². The second-order valence-electron chi connectivity index (χ2n) is 5.36. The van der Waals surface area contributed by atoms with Gasteiger partial charge in [0.2, 0.25) is 0 Å². The van der Waals surface area contributed by atoms with Gasteiger partial charge in [0.15, 0.2) is 0 Å². The monoisotopic (exact) mass is 233 g/mol. The molecule has 17 heavy (non-hydrogen) atoms. The fourth-order valence-electron chi connectivity index (χ4n) is 2.35. The van der Waals surface area contributed by atoms with Crippen molar-refractivity contribution in [2.24, 2.45) is 11.7 Å². The molecule has 1 aromatic rings. The normalized spacial score (nSPS) is 18.6. The van der Waals surface area contributed by atoms with Gasteiger partial charge in [-0.25, -0.2) is 0 Å². The maximum Gasteiger partial charge on any atom is 0.119 e. The van der Waals surface area contributed by atoms with Gasteiger partial charge in [0, 0.05) is 6.04 Å². The van der Waals surface area contributed by atoms with Crippen LogP contribution in [-0.4, -0.2) is 6.10 Å². The van der Waals surface area contributed by atoms with Crippen molar-refractivity contribution < 1.29 is 4.74 Å². The molecule has 0 spiro atoms. The Kier molecular flexibility index (Phi) is 4.06. The summed E-state index contributed by atoms with van der Waals surface area (Å²) >= 11 is 0. The number of hydrogen-bond acceptors (Lipinski definition) is 2. The Morgan fingerprint density at radius 3 is 2.24 bits per heavy atom. The van der Waals surface area contributed by atoms with Crippen molar-refractivity contribution >= 4 is 0 Å². The highest BCUT2D eigenvalue weighted by Crippen LogP contribution is 2.26. The van der Waals surface area contributed by atoms with Gasteiger partial charge in [-0.1, -0.05) is 26.0 Å². The number of nitrogens with two attached hydrogens (primary N) is 1. The molecule has 1 aliphatic carbocycles. The SMILES string of the molecule is CC(C)[C@@H](N)c1ccc(OC2CCCC2)cc1. The van der Waals surface area contributed by atoms with Crippen molar-refractivity contribution in [3.63, 3.8) is 0 Å². The fourth-order valence-corrected chi connectivity index (χ4v) is 2.35. The van der Waals surface area contributed by atoms with Crippen LogP contribution >= 0.6 is 0 Å². The second kappa shape index (κ2) is 5.54. The lowest BCUT2D eigenvalue weighted by Crippen LogP contribution is -2.16. The zero-order valence-corrected chi connectivity index (χ0v) is 10.9. The lowest BCUT2D eigenvalue weighted by Gasteiger charge is -2.17. The summed E-state index contributed by atoms with van der Waals surface area (Å²) < 4.78 is 5.93. The molecule has 1 aliphatic rings. The molecule has 0 unspecified atom stereocenters. The van der Waals surface area contributed by atoms with E-state index in [1.807, 2.05) is 0 Å². The van der Waals surface area contributed by atoms with Crippen LogP contribution in [0.4, 0.5) is 0 Å². The number of rotatable bonds is 4. The summed E-state index contributed by atoms with van der Waals surface area (Å²) in [7, 11) is 0. The average molecular weight is 233 g/mol. The third-order valence-corrected chi connectivity index (χ3v) is 3.59. The third-order valence-electron chi connectivity index (χ3n) is 3.59. The van der Waals surface area contributed by atoms with Crippen LogP contribution in [0.1, 0.15) is 51.1 Å². The van der Waals surface area contributed by atoms with Gasteiger partial charge in [0.1, 0.15) is 5.75 Å². The lowest BCUT2D eigenvalue weighted by atomic mass is 9.97. The predicted molar refractivity (Wildman–Crippen MR) is 71.1 cm³/mol. The van der Waals surface area contributed by atoms with Crippen LogP contribution in [0.15, 0.2) is 24.3 Å². The van der Waals surface area contributed by atoms with Crippen LogP contribution in [0, 0.1) is 5.92 Å². The Morgan fingerprint density at radius 2 is 1.71 bits per heavy atom. The standard InChI is InChI=1S/C15H23NO/c1-11(2)15(16)12-7-9-14(10-8-12)17-13-5-3-4-6-13/h7-11,13,15H,3-6,16H2,1-2H3/t15-/m1/s1. The van der Waals surface area contributed by atoms with E-state index < -0.39 is 0 Å². The first-order chi connectivity index (χ1) is 8.16. The van der Waals surface area contributed by atoms with Crippen molar-refractivity contribution in [1.29, 1.82) is 0 Å². The van der Waals surface area contributed by atoms with E-state index in [0.717, 1.165) is 5.75 Å². The highest BCUT2D eigenvalue weighted by atomic mass is 16.5. The molecule has 94 valence electrons. The Labute approximate surface area is 104 Å². The average Bonchev–Trinajstić information content (AvgIpc) is 2.82. The highest BCUT2D eigenvalue weighted by molar-refractivity contribution is 5.29. The van der Waals surface area contributed by atoms with Gasteiger partial charge in [-0.15, -0.1) is 0 Å². The van der Waals surface area contributed by atoms with Gasteiger partial charge in [-0.05, 0) is 49.3 Å². The molecule has 2 N–H and O–H groups in total. The molecule has 1 fully saturated rings.